The highest BCUT2D eigenvalue weighted by atomic mass is 35.5. The molecule has 2 aromatic rings. The summed E-state index contributed by atoms with van der Waals surface area (Å²) < 4.78 is 5.37. The Kier molecular flexibility index (Phi) is 6.78. The number of ether oxygens (including phenoxy) is 1. The third-order valence-corrected chi connectivity index (χ3v) is 3.97. The third kappa shape index (κ3) is 4.35. The number of aromatic amines is 1. The fraction of sp³-hybridized carbons (Fsp3) is 0.412. The number of H-pyrrole nitrogens is 1. The first-order valence-electron chi connectivity index (χ1n) is 7.98. The zero-order chi connectivity index (χ0) is 16.1. The number of hydrogen-bond donors (Lipinski definition) is 3. The zero-order valence-electron chi connectivity index (χ0n) is 13.7. The van der Waals surface area contributed by atoms with Gasteiger partial charge in [0.05, 0.1) is 6.61 Å². The van der Waals surface area contributed by atoms with Crippen molar-refractivity contribution in [3.8, 4) is 0 Å². The Morgan fingerprint density at radius 3 is 2.79 bits per heavy atom. The van der Waals surface area contributed by atoms with E-state index in [2.05, 4.69) is 20.8 Å². The van der Waals surface area contributed by atoms with Crippen molar-refractivity contribution < 1.29 is 9.53 Å². The highest BCUT2D eigenvalue weighted by molar-refractivity contribution is 5.94. The third-order valence-electron chi connectivity index (χ3n) is 3.97. The Labute approximate surface area is 147 Å². The van der Waals surface area contributed by atoms with Crippen LogP contribution in [0.25, 0.3) is 0 Å². The van der Waals surface area contributed by atoms with Crippen molar-refractivity contribution >= 4 is 18.3 Å². The normalized spacial score (nSPS) is 13.0. The Morgan fingerprint density at radius 2 is 2.04 bits per heavy atom. The van der Waals surface area contributed by atoms with Crippen molar-refractivity contribution in [2.45, 2.75) is 33.0 Å². The van der Waals surface area contributed by atoms with E-state index in [-0.39, 0.29) is 18.3 Å². The molecule has 0 unspecified atom stereocenters. The van der Waals surface area contributed by atoms with Gasteiger partial charge in [0.1, 0.15) is 0 Å². The minimum atomic E-state index is -0.135. The predicted molar refractivity (Wildman–Crippen MR) is 94.2 cm³/mol. The molecule has 0 aliphatic carbocycles. The molecule has 130 valence electrons. The van der Waals surface area contributed by atoms with Crippen molar-refractivity contribution in [1.82, 2.24) is 20.8 Å². The van der Waals surface area contributed by atoms with Crippen LogP contribution in [0.5, 0.6) is 0 Å². The quantitative estimate of drug-likeness (QED) is 0.744. The van der Waals surface area contributed by atoms with Crippen LogP contribution >= 0.6 is 12.4 Å². The molecule has 24 heavy (non-hydrogen) atoms. The Hall–Kier alpha value is -1.89. The number of aromatic nitrogens is 2. The van der Waals surface area contributed by atoms with Gasteiger partial charge in [-0.15, -0.1) is 12.4 Å². The number of amides is 1. The van der Waals surface area contributed by atoms with E-state index in [1.54, 1.807) is 0 Å². The molecule has 6 nitrogen and oxygen atoms in total. The molecule has 1 aromatic heterocycles. The van der Waals surface area contributed by atoms with Crippen LogP contribution in [0, 0.1) is 0 Å². The van der Waals surface area contributed by atoms with Crippen LogP contribution in [-0.2, 0) is 30.9 Å². The maximum absolute atomic E-state index is 12.3. The van der Waals surface area contributed by atoms with Gasteiger partial charge in [0.25, 0.3) is 5.91 Å². The number of carbonyl (C=O) groups excluding carboxylic acids is 1. The van der Waals surface area contributed by atoms with Gasteiger partial charge < -0.3 is 15.4 Å². The fourth-order valence-corrected chi connectivity index (χ4v) is 2.65. The van der Waals surface area contributed by atoms with Crippen molar-refractivity contribution in [2.24, 2.45) is 0 Å². The number of rotatable bonds is 6. The van der Waals surface area contributed by atoms with Gasteiger partial charge in [0, 0.05) is 43.9 Å². The van der Waals surface area contributed by atoms with Crippen LogP contribution in [0.3, 0.4) is 0 Å². The smallest absolute Gasteiger partial charge is 0.272 e. The molecule has 2 heterocycles. The van der Waals surface area contributed by atoms with E-state index in [1.165, 1.54) is 0 Å². The average Bonchev–Trinajstić information content (AvgIpc) is 3.03. The molecule has 0 radical (unpaired) electrons. The molecule has 3 N–H and O–H groups in total. The van der Waals surface area contributed by atoms with Gasteiger partial charge >= 0.3 is 0 Å². The summed E-state index contributed by atoms with van der Waals surface area (Å²) >= 11 is 0. The van der Waals surface area contributed by atoms with Crippen molar-refractivity contribution in [3.63, 3.8) is 0 Å². The summed E-state index contributed by atoms with van der Waals surface area (Å²) in [7, 11) is 0. The van der Waals surface area contributed by atoms with Gasteiger partial charge in [-0.05, 0) is 18.1 Å². The van der Waals surface area contributed by atoms with E-state index < -0.39 is 0 Å². The van der Waals surface area contributed by atoms with Gasteiger partial charge in [-0.2, -0.15) is 5.10 Å². The highest BCUT2D eigenvalue weighted by Crippen LogP contribution is 2.15. The topological polar surface area (TPSA) is 79.0 Å². The van der Waals surface area contributed by atoms with E-state index >= 15 is 0 Å². The second-order valence-corrected chi connectivity index (χ2v) is 5.59. The molecule has 1 amide bonds. The summed E-state index contributed by atoms with van der Waals surface area (Å²) in [4.78, 5) is 12.3. The predicted octanol–water partition coefficient (Wildman–Crippen LogP) is 1.94. The van der Waals surface area contributed by atoms with E-state index in [4.69, 9.17) is 4.74 Å². The average molecular weight is 351 g/mol. The van der Waals surface area contributed by atoms with Crippen molar-refractivity contribution in [1.29, 1.82) is 0 Å². The Balaban J connectivity index is 0.00000208. The van der Waals surface area contributed by atoms with Gasteiger partial charge in [-0.25, -0.2) is 0 Å². The summed E-state index contributed by atoms with van der Waals surface area (Å²) in [6.45, 7) is 5.41. The molecule has 7 heteroatoms. The molecular weight excluding hydrogens is 328 g/mol. The standard InChI is InChI=1S/C17H22N4O2.ClH/c1-2-23-11-13-5-3-12(4-6-13)9-19-17(22)16-14-10-18-8-7-15(14)20-21-16;/h3-6,18H,2,7-11H2,1H3,(H,19,22)(H,20,21);1H. The number of halogens is 1. The van der Waals surface area contributed by atoms with Gasteiger partial charge in [-0.1, -0.05) is 24.3 Å². The number of carbonyl (C=O) groups is 1. The number of fused-ring (bicyclic) bond motifs is 1. The van der Waals surface area contributed by atoms with Gasteiger partial charge in [-0.3, -0.25) is 9.89 Å². The monoisotopic (exact) mass is 350 g/mol. The van der Waals surface area contributed by atoms with Gasteiger partial charge in [0.15, 0.2) is 5.69 Å². The molecular formula is C17H23ClN4O2. The SMILES string of the molecule is CCOCc1ccc(CNC(=O)c2n[nH]c3c2CNCC3)cc1.Cl. The van der Waals surface area contributed by atoms with E-state index in [0.29, 0.717) is 32.0 Å². The second-order valence-electron chi connectivity index (χ2n) is 5.59. The summed E-state index contributed by atoms with van der Waals surface area (Å²) in [6, 6.07) is 8.07. The maximum Gasteiger partial charge on any atom is 0.272 e. The lowest BCUT2D eigenvalue weighted by atomic mass is 10.1. The minimum absolute atomic E-state index is 0. The van der Waals surface area contributed by atoms with E-state index in [0.717, 1.165) is 35.3 Å². The molecule has 0 saturated carbocycles. The van der Waals surface area contributed by atoms with Crippen LogP contribution in [-0.4, -0.2) is 29.3 Å². The lowest BCUT2D eigenvalue weighted by Gasteiger charge is -2.13. The molecule has 0 bridgehead atoms. The second kappa shape index (κ2) is 8.82. The highest BCUT2D eigenvalue weighted by Gasteiger charge is 2.21. The number of benzene rings is 1. The summed E-state index contributed by atoms with van der Waals surface area (Å²) in [5, 5.41) is 13.3. The molecule has 0 atom stereocenters. The molecule has 1 aliphatic heterocycles. The lowest BCUT2D eigenvalue weighted by Crippen LogP contribution is -2.28. The lowest BCUT2D eigenvalue weighted by molar-refractivity contribution is 0.0944. The molecule has 1 aromatic carbocycles. The first-order chi connectivity index (χ1) is 11.3. The van der Waals surface area contributed by atoms with Crippen LogP contribution in [0.4, 0.5) is 0 Å². The minimum Gasteiger partial charge on any atom is -0.377 e. The largest absolute Gasteiger partial charge is 0.377 e. The van der Waals surface area contributed by atoms with Crippen LogP contribution < -0.4 is 10.6 Å². The molecule has 0 saturated heterocycles. The van der Waals surface area contributed by atoms with Crippen molar-refractivity contribution in [2.75, 3.05) is 13.2 Å². The molecule has 3 rings (SSSR count). The summed E-state index contributed by atoms with van der Waals surface area (Å²) in [6.07, 6.45) is 0.886. The first kappa shape index (κ1) is 18.4. The summed E-state index contributed by atoms with van der Waals surface area (Å²) in [5.74, 6) is -0.135. The number of hydrogen-bond acceptors (Lipinski definition) is 4. The van der Waals surface area contributed by atoms with Gasteiger partial charge in [0.2, 0.25) is 0 Å². The maximum atomic E-state index is 12.3. The van der Waals surface area contributed by atoms with Crippen molar-refractivity contribution in [3.05, 3.63) is 52.3 Å². The summed E-state index contributed by atoms with van der Waals surface area (Å²) in [5.41, 5.74) is 4.74. The fourth-order valence-electron chi connectivity index (χ4n) is 2.65. The molecule has 1 aliphatic rings. The molecule has 0 fully saturated rings. The Bertz CT molecular complexity index is 670. The number of nitrogens with one attached hydrogen (secondary N) is 3. The Morgan fingerprint density at radius 1 is 1.29 bits per heavy atom. The zero-order valence-corrected chi connectivity index (χ0v) is 14.5. The van der Waals surface area contributed by atoms with E-state index in [9.17, 15) is 4.79 Å². The number of nitrogens with zero attached hydrogens (tertiary/aromatic N) is 1. The van der Waals surface area contributed by atoms with Crippen LogP contribution in [0.1, 0.15) is 39.8 Å². The first-order valence-corrected chi connectivity index (χ1v) is 7.98. The van der Waals surface area contributed by atoms with E-state index in [1.807, 2.05) is 31.2 Å². The van der Waals surface area contributed by atoms with Crippen LogP contribution in [0.2, 0.25) is 0 Å². The van der Waals surface area contributed by atoms with Crippen LogP contribution in [0.15, 0.2) is 24.3 Å². The molecule has 0 spiro atoms.